The second kappa shape index (κ2) is 6.69. The lowest BCUT2D eigenvalue weighted by molar-refractivity contribution is -0.221. The Kier molecular flexibility index (Phi) is 5.41. The van der Waals surface area contributed by atoms with E-state index in [9.17, 15) is 15.3 Å². The highest BCUT2D eigenvalue weighted by molar-refractivity contribution is 9.11. The number of rotatable bonds is 3. The molecule has 0 aliphatic carbocycles. The van der Waals surface area contributed by atoms with Crippen molar-refractivity contribution in [3.8, 4) is 0 Å². The van der Waals surface area contributed by atoms with Gasteiger partial charge in [-0.3, -0.25) is 0 Å². The predicted molar refractivity (Wildman–Crippen MR) is 79.2 cm³/mol. The summed E-state index contributed by atoms with van der Waals surface area (Å²) < 4.78 is 6.95. The zero-order valence-electron chi connectivity index (χ0n) is 10.3. The molecule has 1 heterocycles. The monoisotopic (exact) mass is 411 g/mol. The van der Waals surface area contributed by atoms with Crippen molar-refractivity contribution in [3.05, 3.63) is 27.1 Å². The van der Waals surface area contributed by atoms with Crippen LogP contribution in [0.15, 0.2) is 27.1 Å². The summed E-state index contributed by atoms with van der Waals surface area (Å²) in [6.45, 7) is -0.456. The van der Waals surface area contributed by atoms with E-state index in [1.54, 1.807) is 12.1 Å². The molecule has 1 fully saturated rings. The van der Waals surface area contributed by atoms with E-state index >= 15 is 0 Å². The number of anilines is 1. The predicted octanol–water partition coefficient (Wildman–Crippen LogP) is 0.423. The second-order valence-electron chi connectivity index (χ2n) is 4.52. The van der Waals surface area contributed by atoms with E-state index in [1.807, 2.05) is 6.07 Å². The van der Waals surface area contributed by atoms with Crippen LogP contribution < -0.4 is 5.32 Å². The average molecular weight is 413 g/mol. The lowest BCUT2D eigenvalue weighted by Crippen LogP contribution is -2.60. The average Bonchev–Trinajstić information content (AvgIpc) is 2.43. The number of hydrogen-bond acceptors (Lipinski definition) is 6. The number of ether oxygens (including phenoxy) is 1. The molecule has 8 heteroatoms. The highest BCUT2D eigenvalue weighted by Gasteiger charge is 2.43. The number of aliphatic hydroxyl groups is 4. The first-order valence-corrected chi connectivity index (χ1v) is 7.54. The van der Waals surface area contributed by atoms with Crippen LogP contribution in [-0.4, -0.2) is 57.7 Å². The quantitative estimate of drug-likeness (QED) is 0.493. The fraction of sp³-hybridized carbons (Fsp3) is 0.500. The summed E-state index contributed by atoms with van der Waals surface area (Å²) in [7, 11) is 0. The molecule has 1 aliphatic rings. The van der Waals surface area contributed by atoms with Gasteiger partial charge in [-0.25, -0.2) is 0 Å². The lowest BCUT2D eigenvalue weighted by Gasteiger charge is -2.40. The number of benzene rings is 1. The number of nitrogens with one attached hydrogen (secondary N) is 1. The Labute approximate surface area is 132 Å². The molecule has 1 aromatic rings. The van der Waals surface area contributed by atoms with Crippen molar-refractivity contribution in [2.45, 2.75) is 30.6 Å². The van der Waals surface area contributed by atoms with Gasteiger partial charge in [-0.2, -0.15) is 0 Å². The van der Waals surface area contributed by atoms with Gasteiger partial charge < -0.3 is 30.5 Å². The zero-order valence-corrected chi connectivity index (χ0v) is 13.5. The van der Waals surface area contributed by atoms with Crippen molar-refractivity contribution in [2.24, 2.45) is 0 Å². The van der Waals surface area contributed by atoms with Crippen LogP contribution in [-0.2, 0) is 4.74 Å². The topological polar surface area (TPSA) is 102 Å². The van der Waals surface area contributed by atoms with E-state index in [2.05, 4.69) is 37.2 Å². The molecule has 5 N–H and O–H groups in total. The molecule has 6 nitrogen and oxygen atoms in total. The third kappa shape index (κ3) is 3.33. The fourth-order valence-corrected chi connectivity index (χ4v) is 2.70. The zero-order chi connectivity index (χ0) is 14.9. The molecule has 1 unspecified atom stereocenters. The van der Waals surface area contributed by atoms with Crippen molar-refractivity contribution in [3.63, 3.8) is 0 Å². The maximum absolute atomic E-state index is 9.94. The molecule has 5 atom stereocenters. The summed E-state index contributed by atoms with van der Waals surface area (Å²) in [4.78, 5) is 0. The van der Waals surface area contributed by atoms with Crippen molar-refractivity contribution < 1.29 is 25.2 Å². The number of halogens is 2. The van der Waals surface area contributed by atoms with Crippen LogP contribution in [0.1, 0.15) is 0 Å². The summed E-state index contributed by atoms with van der Waals surface area (Å²) in [6, 6.07) is 5.41. The van der Waals surface area contributed by atoms with Gasteiger partial charge in [0.2, 0.25) is 0 Å². The van der Waals surface area contributed by atoms with Crippen LogP contribution >= 0.6 is 31.9 Å². The summed E-state index contributed by atoms with van der Waals surface area (Å²) in [6.07, 6.45) is -5.96. The molecule has 0 spiro atoms. The number of aliphatic hydroxyl groups excluding tert-OH is 4. The third-order valence-corrected chi connectivity index (χ3v) is 4.30. The molecule has 112 valence electrons. The Hall–Kier alpha value is -0.220. The van der Waals surface area contributed by atoms with Crippen molar-refractivity contribution >= 4 is 37.5 Å². The highest BCUT2D eigenvalue weighted by Crippen LogP contribution is 2.29. The largest absolute Gasteiger partial charge is 0.394 e. The van der Waals surface area contributed by atoms with E-state index in [0.717, 1.165) is 8.95 Å². The second-order valence-corrected chi connectivity index (χ2v) is 6.29. The molecule has 0 aromatic heterocycles. The first-order chi connectivity index (χ1) is 9.43. The molecule has 1 aromatic carbocycles. The van der Waals surface area contributed by atoms with Crippen molar-refractivity contribution in [1.29, 1.82) is 0 Å². The van der Waals surface area contributed by atoms with Gasteiger partial charge in [0.05, 0.1) is 12.3 Å². The first-order valence-electron chi connectivity index (χ1n) is 5.96. The summed E-state index contributed by atoms with van der Waals surface area (Å²) in [5.41, 5.74) is 0.642. The summed E-state index contributed by atoms with van der Waals surface area (Å²) in [5.74, 6) is 0. The van der Waals surface area contributed by atoms with Gasteiger partial charge in [0.1, 0.15) is 24.4 Å². The standard InChI is InChI=1S/C12H15Br2NO5/c13-5-1-2-6(14)7(3-5)15-12-11(19)10(18)9(17)8(4-16)20-12/h1-3,8-12,15-19H,4H2/t8-,9-,10+,11-,12?/m1/s1. The van der Waals surface area contributed by atoms with Crippen LogP contribution in [0.3, 0.4) is 0 Å². The first kappa shape index (κ1) is 16.2. The Morgan fingerprint density at radius 3 is 2.45 bits per heavy atom. The summed E-state index contributed by atoms with van der Waals surface area (Å²) >= 11 is 6.68. The van der Waals surface area contributed by atoms with E-state index in [4.69, 9.17) is 9.84 Å². The molecule has 20 heavy (non-hydrogen) atoms. The van der Waals surface area contributed by atoms with Crippen molar-refractivity contribution in [2.75, 3.05) is 11.9 Å². The Morgan fingerprint density at radius 2 is 1.80 bits per heavy atom. The molecule has 1 saturated heterocycles. The van der Waals surface area contributed by atoms with Crippen molar-refractivity contribution in [1.82, 2.24) is 0 Å². The SMILES string of the molecule is OC[C@H]1OC(Nc2cc(Br)ccc2Br)[C@H](O)[C@@H](O)[C@@H]1O. The van der Waals surface area contributed by atoms with Gasteiger partial charge in [0.15, 0.2) is 6.23 Å². The summed E-state index contributed by atoms with van der Waals surface area (Å²) in [5, 5.41) is 41.4. The Bertz CT molecular complexity index is 473. The number of hydrogen-bond donors (Lipinski definition) is 5. The molecule has 0 bridgehead atoms. The minimum absolute atomic E-state index is 0.456. The van der Waals surface area contributed by atoms with Crippen LogP contribution in [0.2, 0.25) is 0 Å². The van der Waals surface area contributed by atoms with Gasteiger partial charge in [-0.05, 0) is 34.1 Å². The Balaban J connectivity index is 2.17. The van der Waals surface area contributed by atoms with Crippen LogP contribution in [0.25, 0.3) is 0 Å². The molecular formula is C12H15Br2NO5. The molecule has 0 radical (unpaired) electrons. The normalized spacial score (nSPS) is 34.0. The van der Waals surface area contributed by atoms with E-state index in [1.165, 1.54) is 0 Å². The molecular weight excluding hydrogens is 398 g/mol. The van der Waals surface area contributed by atoms with E-state index in [0.29, 0.717) is 5.69 Å². The van der Waals surface area contributed by atoms with Gasteiger partial charge in [-0.1, -0.05) is 15.9 Å². The lowest BCUT2D eigenvalue weighted by atomic mass is 9.98. The molecule has 0 amide bonds. The smallest absolute Gasteiger partial charge is 0.157 e. The van der Waals surface area contributed by atoms with E-state index < -0.39 is 37.3 Å². The third-order valence-electron chi connectivity index (χ3n) is 3.12. The van der Waals surface area contributed by atoms with E-state index in [-0.39, 0.29) is 0 Å². The molecule has 1 aliphatic heterocycles. The maximum atomic E-state index is 9.94. The fourth-order valence-electron chi connectivity index (χ4n) is 1.98. The Morgan fingerprint density at radius 1 is 1.10 bits per heavy atom. The highest BCUT2D eigenvalue weighted by atomic mass is 79.9. The minimum Gasteiger partial charge on any atom is -0.394 e. The van der Waals surface area contributed by atoms with Gasteiger partial charge >= 0.3 is 0 Å². The molecule has 0 saturated carbocycles. The maximum Gasteiger partial charge on any atom is 0.157 e. The van der Waals surface area contributed by atoms with Gasteiger partial charge in [0.25, 0.3) is 0 Å². The van der Waals surface area contributed by atoms with Gasteiger partial charge in [-0.15, -0.1) is 0 Å². The van der Waals surface area contributed by atoms with Crippen LogP contribution in [0.4, 0.5) is 5.69 Å². The van der Waals surface area contributed by atoms with Crippen LogP contribution in [0.5, 0.6) is 0 Å². The molecule has 2 rings (SSSR count). The minimum atomic E-state index is -1.40. The van der Waals surface area contributed by atoms with Crippen LogP contribution in [0, 0.1) is 0 Å². The van der Waals surface area contributed by atoms with Gasteiger partial charge in [0, 0.05) is 8.95 Å².